The van der Waals surface area contributed by atoms with Crippen molar-refractivity contribution in [3.05, 3.63) is 0 Å². The minimum atomic E-state index is -0.631. The predicted molar refractivity (Wildman–Crippen MR) is 46.2 cm³/mol. The van der Waals surface area contributed by atoms with Crippen molar-refractivity contribution in [3.8, 4) is 0 Å². The maximum Gasteiger partial charge on any atom is 0.173 e. The van der Waals surface area contributed by atoms with Crippen LogP contribution in [-0.4, -0.2) is 55.5 Å². The van der Waals surface area contributed by atoms with Gasteiger partial charge in [-0.05, 0) is 13.5 Å². The van der Waals surface area contributed by atoms with E-state index in [2.05, 4.69) is 5.32 Å². The zero-order valence-electron chi connectivity index (χ0n) is 7.93. The molecule has 1 saturated heterocycles. The fourth-order valence-electron chi connectivity index (χ4n) is 1.52. The smallest absolute Gasteiger partial charge is 0.173 e. The Bertz CT molecular complexity index is 155. The monoisotopic (exact) mass is 191 g/mol. The number of likely N-dealkylation sites (N-methyl/N-ethyl adjacent to an activating group) is 1. The standard InChI is InChI=1S/C8H17NO4/c1-9-5-3-6(11)7(4-10)13-8(5)12-2/h5-11H,3-4H2,1-2H3/t5?,6-,7?,8+/m0/s1. The second-order valence-electron chi connectivity index (χ2n) is 3.16. The molecule has 5 heteroatoms. The van der Waals surface area contributed by atoms with Gasteiger partial charge in [0.2, 0.25) is 0 Å². The summed E-state index contributed by atoms with van der Waals surface area (Å²) in [5.41, 5.74) is 0. The van der Waals surface area contributed by atoms with Crippen LogP contribution in [0.2, 0.25) is 0 Å². The molecule has 0 aromatic rings. The average Bonchev–Trinajstić information content (AvgIpc) is 2.17. The summed E-state index contributed by atoms with van der Waals surface area (Å²) < 4.78 is 10.4. The van der Waals surface area contributed by atoms with Crippen molar-refractivity contribution >= 4 is 0 Å². The number of hydrogen-bond donors (Lipinski definition) is 3. The number of hydrogen-bond acceptors (Lipinski definition) is 5. The summed E-state index contributed by atoms with van der Waals surface area (Å²) in [6.45, 7) is -0.183. The van der Waals surface area contributed by atoms with Gasteiger partial charge in [-0.15, -0.1) is 0 Å². The Hall–Kier alpha value is -0.200. The molecule has 78 valence electrons. The first kappa shape index (κ1) is 10.9. The maximum atomic E-state index is 9.50. The van der Waals surface area contributed by atoms with Crippen LogP contribution in [-0.2, 0) is 9.47 Å². The van der Waals surface area contributed by atoms with Crippen LogP contribution in [0.3, 0.4) is 0 Å². The Kier molecular flexibility index (Phi) is 4.08. The van der Waals surface area contributed by atoms with Gasteiger partial charge in [0.15, 0.2) is 6.29 Å². The number of aliphatic hydroxyl groups excluding tert-OH is 2. The fraction of sp³-hybridized carbons (Fsp3) is 1.00. The summed E-state index contributed by atoms with van der Waals surface area (Å²) >= 11 is 0. The van der Waals surface area contributed by atoms with Crippen LogP contribution in [0.1, 0.15) is 6.42 Å². The molecule has 1 fully saturated rings. The van der Waals surface area contributed by atoms with E-state index in [4.69, 9.17) is 14.6 Å². The molecular weight excluding hydrogens is 174 g/mol. The summed E-state index contributed by atoms with van der Waals surface area (Å²) in [5.74, 6) is 0. The molecule has 1 rings (SSSR count). The summed E-state index contributed by atoms with van der Waals surface area (Å²) in [7, 11) is 3.33. The molecule has 0 saturated carbocycles. The molecule has 1 aliphatic heterocycles. The van der Waals surface area contributed by atoms with E-state index in [0.29, 0.717) is 6.42 Å². The van der Waals surface area contributed by atoms with Gasteiger partial charge >= 0.3 is 0 Å². The first-order chi connectivity index (χ1) is 6.22. The van der Waals surface area contributed by atoms with E-state index in [0.717, 1.165) is 0 Å². The molecule has 0 bridgehead atoms. The molecule has 0 radical (unpaired) electrons. The molecule has 3 N–H and O–H groups in total. The van der Waals surface area contributed by atoms with Crippen LogP contribution < -0.4 is 5.32 Å². The largest absolute Gasteiger partial charge is 0.394 e. The lowest BCUT2D eigenvalue weighted by molar-refractivity contribution is -0.231. The lowest BCUT2D eigenvalue weighted by Gasteiger charge is -2.37. The van der Waals surface area contributed by atoms with Crippen molar-refractivity contribution in [1.29, 1.82) is 0 Å². The van der Waals surface area contributed by atoms with Gasteiger partial charge in [-0.25, -0.2) is 0 Å². The summed E-state index contributed by atoms with van der Waals surface area (Å²) in [5, 5.41) is 21.4. The molecule has 5 nitrogen and oxygen atoms in total. The number of nitrogens with one attached hydrogen (secondary N) is 1. The lowest BCUT2D eigenvalue weighted by atomic mass is 10.0. The average molecular weight is 191 g/mol. The van der Waals surface area contributed by atoms with Crippen LogP contribution in [0.5, 0.6) is 0 Å². The third-order valence-electron chi connectivity index (χ3n) is 2.35. The molecular formula is C8H17NO4. The molecule has 1 heterocycles. The highest BCUT2D eigenvalue weighted by molar-refractivity contribution is 4.84. The van der Waals surface area contributed by atoms with E-state index in [1.807, 2.05) is 0 Å². The van der Waals surface area contributed by atoms with Crippen LogP contribution in [0.25, 0.3) is 0 Å². The van der Waals surface area contributed by atoms with Gasteiger partial charge in [0.05, 0.1) is 18.8 Å². The normalized spacial score (nSPS) is 40.6. The minimum absolute atomic E-state index is 0.0252. The van der Waals surface area contributed by atoms with Crippen LogP contribution in [0.15, 0.2) is 0 Å². The van der Waals surface area contributed by atoms with Gasteiger partial charge in [0, 0.05) is 7.11 Å². The zero-order valence-corrected chi connectivity index (χ0v) is 7.93. The Balaban J connectivity index is 2.54. The van der Waals surface area contributed by atoms with E-state index >= 15 is 0 Å². The van der Waals surface area contributed by atoms with Crippen LogP contribution in [0.4, 0.5) is 0 Å². The van der Waals surface area contributed by atoms with E-state index in [-0.39, 0.29) is 12.6 Å². The van der Waals surface area contributed by atoms with Crippen LogP contribution in [0, 0.1) is 0 Å². The van der Waals surface area contributed by atoms with Gasteiger partial charge in [-0.1, -0.05) is 0 Å². The molecule has 1 aliphatic rings. The molecule has 0 aromatic heterocycles. The third-order valence-corrected chi connectivity index (χ3v) is 2.35. The number of aliphatic hydroxyl groups is 2. The Morgan fingerprint density at radius 1 is 1.62 bits per heavy atom. The summed E-state index contributed by atoms with van der Waals surface area (Å²) in [4.78, 5) is 0. The van der Waals surface area contributed by atoms with E-state index in [1.54, 1.807) is 14.2 Å². The SMILES string of the molecule is CNC1C[C@H](O)C(CO)O[C@H]1OC. The van der Waals surface area contributed by atoms with E-state index < -0.39 is 18.5 Å². The van der Waals surface area contributed by atoms with Crippen LogP contribution >= 0.6 is 0 Å². The van der Waals surface area contributed by atoms with Gasteiger partial charge in [0.1, 0.15) is 6.10 Å². The van der Waals surface area contributed by atoms with E-state index in [1.165, 1.54) is 0 Å². The second-order valence-corrected chi connectivity index (χ2v) is 3.16. The zero-order chi connectivity index (χ0) is 9.84. The van der Waals surface area contributed by atoms with E-state index in [9.17, 15) is 5.11 Å². The Morgan fingerprint density at radius 2 is 2.31 bits per heavy atom. The highest BCUT2D eigenvalue weighted by atomic mass is 16.7. The molecule has 0 aliphatic carbocycles. The lowest BCUT2D eigenvalue weighted by Crippen LogP contribution is -2.53. The third kappa shape index (κ3) is 2.38. The van der Waals surface area contributed by atoms with Gasteiger partial charge in [0.25, 0.3) is 0 Å². The number of methoxy groups -OCH3 is 1. The molecule has 13 heavy (non-hydrogen) atoms. The topological polar surface area (TPSA) is 71.0 Å². The maximum absolute atomic E-state index is 9.50. The van der Waals surface area contributed by atoms with Crippen molar-refractivity contribution in [3.63, 3.8) is 0 Å². The summed E-state index contributed by atoms with van der Waals surface area (Å²) in [6.07, 6.45) is -1.03. The van der Waals surface area contributed by atoms with Crippen molar-refractivity contribution in [2.24, 2.45) is 0 Å². The molecule has 4 atom stereocenters. The first-order valence-electron chi connectivity index (χ1n) is 4.37. The van der Waals surface area contributed by atoms with Crippen molar-refractivity contribution in [2.45, 2.75) is 31.0 Å². The molecule has 0 amide bonds. The Labute approximate surface area is 77.7 Å². The quantitative estimate of drug-likeness (QED) is 0.516. The highest BCUT2D eigenvalue weighted by Gasteiger charge is 2.35. The minimum Gasteiger partial charge on any atom is -0.394 e. The second kappa shape index (κ2) is 4.88. The predicted octanol–water partition coefficient (Wildman–Crippen LogP) is -1.31. The Morgan fingerprint density at radius 3 is 2.77 bits per heavy atom. The fourth-order valence-corrected chi connectivity index (χ4v) is 1.52. The van der Waals surface area contributed by atoms with Crippen molar-refractivity contribution < 1.29 is 19.7 Å². The van der Waals surface area contributed by atoms with Gasteiger partial charge < -0.3 is 25.0 Å². The molecule has 0 spiro atoms. The van der Waals surface area contributed by atoms with Gasteiger partial charge in [-0.2, -0.15) is 0 Å². The number of rotatable bonds is 3. The van der Waals surface area contributed by atoms with Crippen molar-refractivity contribution in [2.75, 3.05) is 20.8 Å². The first-order valence-corrected chi connectivity index (χ1v) is 4.37. The number of ether oxygens (including phenoxy) is 2. The highest BCUT2D eigenvalue weighted by Crippen LogP contribution is 2.20. The van der Waals surface area contributed by atoms with Gasteiger partial charge in [-0.3, -0.25) is 0 Å². The molecule has 0 aromatic carbocycles. The van der Waals surface area contributed by atoms with Crippen molar-refractivity contribution in [1.82, 2.24) is 5.32 Å². The summed E-state index contributed by atoms with van der Waals surface area (Å²) in [6, 6.07) is -0.0252. The molecule has 2 unspecified atom stereocenters.